The molecule has 0 spiro atoms. The number of ether oxygens (including phenoxy) is 2. The van der Waals surface area contributed by atoms with Crippen LogP contribution in [0.3, 0.4) is 0 Å². The maximum Gasteiger partial charge on any atom is 0.278 e. The summed E-state index contributed by atoms with van der Waals surface area (Å²) >= 11 is 6.06. The number of carbonyl (C=O) groups excluding carboxylic acids is 1. The van der Waals surface area contributed by atoms with Gasteiger partial charge in [-0.05, 0) is 56.2 Å². The number of methoxy groups -OCH3 is 1. The lowest BCUT2D eigenvalue weighted by Crippen LogP contribution is -2.48. The second kappa shape index (κ2) is 9.21. The number of amides is 1. The van der Waals surface area contributed by atoms with E-state index in [2.05, 4.69) is 15.3 Å². The molecule has 0 unspecified atom stereocenters. The number of carbonyl (C=O) groups is 1. The summed E-state index contributed by atoms with van der Waals surface area (Å²) < 4.78 is 11.2. The number of nitrogens with one attached hydrogen (secondary N) is 1. The van der Waals surface area contributed by atoms with Crippen LogP contribution >= 0.6 is 11.6 Å². The number of rotatable bonds is 6. The molecule has 0 bridgehead atoms. The second-order valence-electron chi connectivity index (χ2n) is 8.23. The summed E-state index contributed by atoms with van der Waals surface area (Å²) in [6.07, 6.45) is 10.7. The predicted octanol–water partition coefficient (Wildman–Crippen LogP) is 4.46. The zero-order valence-electron chi connectivity index (χ0n) is 17.3. The number of hydrogen-bond donors (Lipinski definition) is 1. The minimum Gasteiger partial charge on any atom is -0.477 e. The summed E-state index contributed by atoms with van der Waals surface area (Å²) in [6, 6.07) is 7.95. The standard InChI is InChI=1S/C23H28ClN3O3/c1-29-20-21(26-15-14-25-20)30-19-10-8-18(9-11-19)27-22(28)23(12-2-3-13-23)16-4-6-17(24)7-5-16/h4-7,14-15,18-19H,2-3,8-13H2,1H3,(H,27,28). The normalized spacial score (nSPS) is 23.0. The third-order valence-corrected chi connectivity index (χ3v) is 6.65. The van der Waals surface area contributed by atoms with Crippen molar-refractivity contribution in [2.45, 2.75) is 68.9 Å². The van der Waals surface area contributed by atoms with E-state index in [9.17, 15) is 4.79 Å². The average molecular weight is 430 g/mol. The van der Waals surface area contributed by atoms with Crippen molar-refractivity contribution in [3.8, 4) is 11.8 Å². The highest BCUT2D eigenvalue weighted by Gasteiger charge is 2.43. The molecule has 1 aromatic heterocycles. The predicted molar refractivity (Wildman–Crippen MR) is 115 cm³/mol. The topological polar surface area (TPSA) is 73.3 Å². The first kappa shape index (κ1) is 20.9. The lowest BCUT2D eigenvalue weighted by molar-refractivity contribution is -0.127. The molecule has 2 saturated carbocycles. The maximum atomic E-state index is 13.4. The van der Waals surface area contributed by atoms with E-state index in [1.807, 2.05) is 24.3 Å². The average Bonchev–Trinajstić information content (AvgIpc) is 3.27. The van der Waals surface area contributed by atoms with Gasteiger partial charge in [-0.25, -0.2) is 9.97 Å². The van der Waals surface area contributed by atoms with E-state index >= 15 is 0 Å². The van der Waals surface area contributed by atoms with Crippen LogP contribution in [0.5, 0.6) is 11.8 Å². The van der Waals surface area contributed by atoms with Crippen LogP contribution in [-0.4, -0.2) is 35.1 Å². The Balaban J connectivity index is 1.36. The molecule has 0 radical (unpaired) electrons. The molecule has 6 nitrogen and oxygen atoms in total. The Labute approximate surface area is 182 Å². The van der Waals surface area contributed by atoms with Crippen molar-refractivity contribution in [1.29, 1.82) is 0 Å². The van der Waals surface area contributed by atoms with Gasteiger partial charge in [-0.15, -0.1) is 0 Å². The molecule has 1 amide bonds. The van der Waals surface area contributed by atoms with Gasteiger partial charge in [0.1, 0.15) is 6.10 Å². The first-order chi connectivity index (χ1) is 14.6. The fourth-order valence-corrected chi connectivity index (χ4v) is 4.86. The van der Waals surface area contributed by atoms with Crippen LogP contribution < -0.4 is 14.8 Å². The SMILES string of the molecule is COc1nccnc1OC1CCC(NC(=O)C2(c3ccc(Cl)cc3)CCCC2)CC1. The molecule has 1 heterocycles. The molecule has 2 aliphatic rings. The van der Waals surface area contributed by atoms with Gasteiger partial charge in [0.05, 0.1) is 12.5 Å². The summed E-state index contributed by atoms with van der Waals surface area (Å²) in [4.78, 5) is 21.7. The number of benzene rings is 1. The summed E-state index contributed by atoms with van der Waals surface area (Å²) in [5.41, 5.74) is 0.652. The van der Waals surface area contributed by atoms with Crippen molar-refractivity contribution in [1.82, 2.24) is 15.3 Å². The Kier molecular flexibility index (Phi) is 6.42. The van der Waals surface area contributed by atoms with E-state index in [-0.39, 0.29) is 18.1 Å². The smallest absolute Gasteiger partial charge is 0.278 e. The van der Waals surface area contributed by atoms with Gasteiger partial charge in [-0.2, -0.15) is 0 Å². The third kappa shape index (κ3) is 4.38. The quantitative estimate of drug-likeness (QED) is 0.734. The first-order valence-electron chi connectivity index (χ1n) is 10.7. The van der Waals surface area contributed by atoms with Gasteiger partial charge in [0, 0.05) is 23.5 Å². The van der Waals surface area contributed by atoms with E-state index in [4.69, 9.17) is 21.1 Å². The first-order valence-corrected chi connectivity index (χ1v) is 11.1. The van der Waals surface area contributed by atoms with Crippen molar-refractivity contribution in [2.75, 3.05) is 7.11 Å². The summed E-state index contributed by atoms with van der Waals surface area (Å²) in [5.74, 6) is 0.987. The van der Waals surface area contributed by atoms with Crippen LogP contribution in [0.25, 0.3) is 0 Å². The zero-order valence-corrected chi connectivity index (χ0v) is 18.0. The zero-order chi connectivity index (χ0) is 21.0. The monoisotopic (exact) mass is 429 g/mol. The van der Waals surface area contributed by atoms with Gasteiger partial charge >= 0.3 is 0 Å². The molecule has 1 N–H and O–H groups in total. The second-order valence-corrected chi connectivity index (χ2v) is 8.67. The molecule has 0 atom stereocenters. The van der Waals surface area contributed by atoms with Crippen molar-refractivity contribution in [2.24, 2.45) is 0 Å². The molecule has 2 aromatic rings. The fraction of sp³-hybridized carbons (Fsp3) is 0.522. The molecule has 4 rings (SSSR count). The van der Waals surface area contributed by atoms with Crippen LogP contribution in [0, 0.1) is 0 Å². The molecule has 2 fully saturated rings. The molecule has 30 heavy (non-hydrogen) atoms. The van der Waals surface area contributed by atoms with Gasteiger partial charge in [0.15, 0.2) is 0 Å². The fourth-order valence-electron chi connectivity index (χ4n) is 4.73. The molecule has 1 aromatic carbocycles. The molecule has 0 aliphatic heterocycles. The van der Waals surface area contributed by atoms with Crippen LogP contribution in [0.1, 0.15) is 56.9 Å². The van der Waals surface area contributed by atoms with Crippen molar-refractivity contribution in [3.05, 3.63) is 47.2 Å². The number of aromatic nitrogens is 2. The Morgan fingerprint density at radius 1 is 1.03 bits per heavy atom. The van der Waals surface area contributed by atoms with Crippen LogP contribution in [0.4, 0.5) is 0 Å². The highest BCUT2D eigenvalue weighted by molar-refractivity contribution is 6.30. The third-order valence-electron chi connectivity index (χ3n) is 6.40. The van der Waals surface area contributed by atoms with E-state index < -0.39 is 5.41 Å². The van der Waals surface area contributed by atoms with E-state index in [1.54, 1.807) is 19.5 Å². The van der Waals surface area contributed by atoms with Crippen molar-refractivity contribution in [3.63, 3.8) is 0 Å². The van der Waals surface area contributed by atoms with Crippen LogP contribution in [0.15, 0.2) is 36.7 Å². The van der Waals surface area contributed by atoms with E-state index in [0.29, 0.717) is 16.8 Å². The summed E-state index contributed by atoms with van der Waals surface area (Å²) in [5, 5.41) is 4.04. The molecule has 160 valence electrons. The molecule has 2 aliphatic carbocycles. The minimum absolute atomic E-state index is 0.0560. The Bertz CT molecular complexity index is 860. The van der Waals surface area contributed by atoms with Gasteiger partial charge in [0.2, 0.25) is 5.91 Å². The van der Waals surface area contributed by atoms with Gasteiger partial charge in [0.25, 0.3) is 11.8 Å². The van der Waals surface area contributed by atoms with Gasteiger partial charge < -0.3 is 14.8 Å². The summed E-state index contributed by atoms with van der Waals surface area (Å²) in [6.45, 7) is 0. The number of nitrogens with zero attached hydrogens (tertiary/aromatic N) is 2. The highest BCUT2D eigenvalue weighted by Crippen LogP contribution is 2.42. The lowest BCUT2D eigenvalue weighted by atomic mass is 9.77. The van der Waals surface area contributed by atoms with Gasteiger partial charge in [-0.1, -0.05) is 36.6 Å². The number of hydrogen-bond acceptors (Lipinski definition) is 5. The highest BCUT2D eigenvalue weighted by atomic mass is 35.5. The summed E-state index contributed by atoms with van der Waals surface area (Å²) in [7, 11) is 1.56. The van der Waals surface area contributed by atoms with Crippen LogP contribution in [-0.2, 0) is 10.2 Å². The Morgan fingerprint density at radius 3 is 2.30 bits per heavy atom. The largest absolute Gasteiger partial charge is 0.477 e. The molecular formula is C23H28ClN3O3. The van der Waals surface area contributed by atoms with Crippen LogP contribution in [0.2, 0.25) is 5.02 Å². The molecule has 7 heteroatoms. The Hall–Kier alpha value is -2.34. The maximum absolute atomic E-state index is 13.4. The van der Waals surface area contributed by atoms with E-state index in [0.717, 1.165) is 56.9 Å². The van der Waals surface area contributed by atoms with Crippen molar-refractivity contribution < 1.29 is 14.3 Å². The lowest BCUT2D eigenvalue weighted by Gasteiger charge is -2.34. The van der Waals surface area contributed by atoms with E-state index in [1.165, 1.54) is 0 Å². The van der Waals surface area contributed by atoms with Crippen molar-refractivity contribution >= 4 is 17.5 Å². The molecular weight excluding hydrogens is 402 g/mol. The Morgan fingerprint density at radius 2 is 1.67 bits per heavy atom. The molecule has 0 saturated heterocycles. The number of halogens is 1. The van der Waals surface area contributed by atoms with Gasteiger partial charge in [-0.3, -0.25) is 4.79 Å². The minimum atomic E-state index is -0.426.